The molecule has 0 rings (SSSR count). The van der Waals surface area contributed by atoms with Crippen molar-refractivity contribution in [2.24, 2.45) is 11.8 Å². The first-order valence-electron chi connectivity index (χ1n) is 7.31. The number of hydrogen-bond acceptors (Lipinski definition) is 7. The molecule has 0 radical (unpaired) electrons. The van der Waals surface area contributed by atoms with Crippen LogP contribution in [0.3, 0.4) is 0 Å². The SMILES string of the molecule is CC(C)(C)[O-].CCC(C(C)=O)C(=O)[O-].CCC(C(C)=O)C(=O)[O-].[Al+3]. The molecule has 2 unspecified atom stereocenters. The van der Waals surface area contributed by atoms with Gasteiger partial charge in [0.2, 0.25) is 0 Å². The molecule has 0 N–H and O–H groups in total. The van der Waals surface area contributed by atoms with E-state index in [0.717, 1.165) is 0 Å². The Hall–Kier alpha value is -1.23. The summed E-state index contributed by atoms with van der Waals surface area (Å²) in [7, 11) is 0. The van der Waals surface area contributed by atoms with Gasteiger partial charge >= 0.3 is 17.4 Å². The first-order chi connectivity index (χ1) is 10.2. The molecule has 0 heterocycles. The van der Waals surface area contributed by atoms with E-state index in [0.29, 0.717) is 12.8 Å². The van der Waals surface area contributed by atoms with Crippen LogP contribution in [0.2, 0.25) is 0 Å². The minimum absolute atomic E-state index is 0. The molecule has 0 aliphatic heterocycles. The average molecular weight is 358 g/mol. The van der Waals surface area contributed by atoms with Crippen LogP contribution in [0.1, 0.15) is 61.3 Å². The Morgan fingerprint density at radius 1 is 0.792 bits per heavy atom. The topological polar surface area (TPSA) is 137 Å². The molecule has 0 amide bonds. The molecule has 24 heavy (non-hydrogen) atoms. The van der Waals surface area contributed by atoms with Crippen LogP contribution < -0.4 is 15.3 Å². The second-order valence-corrected chi connectivity index (χ2v) is 5.89. The Kier molecular flexibility index (Phi) is 19.5. The van der Waals surface area contributed by atoms with E-state index in [4.69, 9.17) is 0 Å². The van der Waals surface area contributed by atoms with Crippen LogP contribution in [-0.2, 0) is 19.2 Å². The summed E-state index contributed by atoms with van der Waals surface area (Å²) in [6, 6.07) is 0. The fourth-order valence-corrected chi connectivity index (χ4v) is 1.24. The third-order valence-corrected chi connectivity index (χ3v) is 2.37. The van der Waals surface area contributed by atoms with Crippen molar-refractivity contribution in [2.75, 3.05) is 0 Å². The van der Waals surface area contributed by atoms with Crippen molar-refractivity contribution >= 4 is 40.9 Å². The Labute approximate surface area is 154 Å². The summed E-state index contributed by atoms with van der Waals surface area (Å²) in [4.78, 5) is 40.9. The maximum Gasteiger partial charge on any atom is 3.00 e. The molecule has 0 spiro atoms. The second-order valence-electron chi connectivity index (χ2n) is 5.89. The summed E-state index contributed by atoms with van der Waals surface area (Å²) in [5, 5.41) is 30.2. The molecular weight excluding hydrogens is 331 g/mol. The first-order valence-corrected chi connectivity index (χ1v) is 7.31. The zero-order chi connectivity index (χ0) is 19.4. The van der Waals surface area contributed by atoms with Crippen molar-refractivity contribution in [3.63, 3.8) is 0 Å². The van der Waals surface area contributed by atoms with E-state index in [1.807, 2.05) is 0 Å². The molecule has 136 valence electrons. The number of carboxylic acids is 2. The number of ketones is 2. The van der Waals surface area contributed by atoms with Crippen molar-refractivity contribution in [3.8, 4) is 0 Å². The van der Waals surface area contributed by atoms with Crippen LogP contribution in [0.15, 0.2) is 0 Å². The number of aliphatic carboxylic acids is 2. The van der Waals surface area contributed by atoms with Crippen LogP contribution in [0.25, 0.3) is 0 Å². The summed E-state index contributed by atoms with van der Waals surface area (Å²) in [6.07, 6.45) is 0.634. The van der Waals surface area contributed by atoms with Crippen LogP contribution in [0.5, 0.6) is 0 Å². The van der Waals surface area contributed by atoms with E-state index < -0.39 is 29.4 Å². The van der Waals surface area contributed by atoms with Gasteiger partial charge in [-0.15, -0.1) is 5.60 Å². The second kappa shape index (κ2) is 15.3. The third-order valence-electron chi connectivity index (χ3n) is 2.37. The van der Waals surface area contributed by atoms with E-state index in [-0.39, 0.29) is 28.9 Å². The van der Waals surface area contributed by atoms with E-state index in [1.165, 1.54) is 13.8 Å². The Bertz CT molecular complexity index is 334. The molecule has 0 aliphatic carbocycles. The van der Waals surface area contributed by atoms with Gasteiger partial charge < -0.3 is 24.9 Å². The van der Waals surface area contributed by atoms with Crippen molar-refractivity contribution in [3.05, 3.63) is 0 Å². The molecule has 7 nitrogen and oxygen atoms in total. The fourth-order valence-electron chi connectivity index (χ4n) is 1.24. The summed E-state index contributed by atoms with van der Waals surface area (Å²) < 4.78 is 0. The van der Waals surface area contributed by atoms with Gasteiger partial charge in [-0.3, -0.25) is 9.59 Å². The molecule has 0 aliphatic rings. The van der Waals surface area contributed by atoms with Crippen LogP contribution in [-0.4, -0.2) is 46.5 Å². The molecule has 0 fully saturated rings. The molecule has 0 aromatic carbocycles. The molecule has 0 saturated carbocycles. The van der Waals surface area contributed by atoms with Crippen molar-refractivity contribution < 1.29 is 34.5 Å². The van der Waals surface area contributed by atoms with Gasteiger partial charge in [-0.05, 0) is 26.7 Å². The third kappa shape index (κ3) is 23.0. The van der Waals surface area contributed by atoms with Crippen molar-refractivity contribution in [1.29, 1.82) is 0 Å². The van der Waals surface area contributed by atoms with Gasteiger partial charge in [0.05, 0.1) is 23.8 Å². The summed E-state index contributed by atoms with van der Waals surface area (Å²) in [5.74, 6) is -5.04. The van der Waals surface area contributed by atoms with Gasteiger partial charge in [0.1, 0.15) is 11.6 Å². The Balaban J connectivity index is -0.000000128. The number of carbonyl (C=O) groups excluding carboxylic acids is 4. The van der Waals surface area contributed by atoms with E-state index >= 15 is 0 Å². The van der Waals surface area contributed by atoms with Crippen molar-refractivity contribution in [1.82, 2.24) is 0 Å². The first kappa shape index (κ1) is 30.6. The smallest absolute Gasteiger partial charge is 0.850 e. The molecule has 0 aromatic rings. The normalized spacial score (nSPS) is 12.0. The molecule has 0 saturated heterocycles. The number of carboxylic acid groups (broad SMARTS) is 2. The molecule has 0 aromatic heterocycles. The van der Waals surface area contributed by atoms with Gasteiger partial charge in [0, 0.05) is 0 Å². The van der Waals surface area contributed by atoms with E-state index in [2.05, 4.69) is 0 Å². The zero-order valence-electron chi connectivity index (χ0n) is 15.5. The minimum Gasteiger partial charge on any atom is -0.850 e. The van der Waals surface area contributed by atoms with Gasteiger partial charge in [-0.25, -0.2) is 0 Å². The van der Waals surface area contributed by atoms with Gasteiger partial charge in [-0.2, -0.15) is 0 Å². The Morgan fingerprint density at radius 3 is 0.958 bits per heavy atom. The molecule has 0 bridgehead atoms. The van der Waals surface area contributed by atoms with E-state index in [9.17, 15) is 34.5 Å². The van der Waals surface area contributed by atoms with Crippen LogP contribution in [0, 0.1) is 11.8 Å². The fraction of sp³-hybridized carbons (Fsp3) is 0.750. The van der Waals surface area contributed by atoms with Crippen LogP contribution in [0.4, 0.5) is 0 Å². The minimum atomic E-state index is -1.27. The predicted octanol–water partition coefficient (Wildman–Crippen LogP) is -1.53. The van der Waals surface area contributed by atoms with Gasteiger partial charge in [-0.1, -0.05) is 34.6 Å². The summed E-state index contributed by atoms with van der Waals surface area (Å²) in [6.45, 7) is 10.7. The number of rotatable bonds is 6. The summed E-state index contributed by atoms with van der Waals surface area (Å²) in [5.41, 5.74) is -0.750. The maximum atomic E-state index is 10.4. The van der Waals surface area contributed by atoms with Gasteiger partial charge in [0.15, 0.2) is 0 Å². The quantitative estimate of drug-likeness (QED) is 0.414. The Morgan fingerprint density at radius 2 is 0.958 bits per heavy atom. The number of carbonyl (C=O) groups is 4. The van der Waals surface area contributed by atoms with Gasteiger partial charge in [0.25, 0.3) is 0 Å². The monoisotopic (exact) mass is 358 g/mol. The predicted molar refractivity (Wildman–Crippen MR) is 84.4 cm³/mol. The zero-order valence-corrected chi connectivity index (χ0v) is 16.7. The number of Topliss-reactive ketones (excluding diaryl/α,β-unsaturated/α-hetero) is 2. The number of hydrogen-bond donors (Lipinski definition) is 0. The average Bonchev–Trinajstić information content (AvgIpc) is 2.26. The van der Waals surface area contributed by atoms with Crippen molar-refractivity contribution in [2.45, 2.75) is 66.9 Å². The maximum absolute atomic E-state index is 10.4. The molecule has 2 atom stereocenters. The molecule has 8 heteroatoms. The van der Waals surface area contributed by atoms with E-state index in [1.54, 1.807) is 34.6 Å². The standard InChI is InChI=1S/2C6H10O3.C4H9O.Al/c2*1-3-5(4(2)7)6(8)9;1-4(2,3)5;/h2*5H,3H2,1-2H3,(H,8,9);1-3H3;/q;;-1;+3/p-2. The summed E-state index contributed by atoms with van der Waals surface area (Å²) >= 11 is 0. The largest absolute Gasteiger partial charge is 3.00 e. The van der Waals surface area contributed by atoms with Crippen LogP contribution >= 0.6 is 0 Å². The molecular formula is C16H27AlO7.